The standard InChI is InChI=1S/C19H32N4O3.ClH/c1-13-9-18(2,3)12-19(10-13)16(25)23(17(26)21-19)11-15(24)22-7-5-14(20-4)6-8-22;/h13-14,20H,5-12H2,1-4H3,(H,21,26);1H. The molecular formula is C19H33ClN4O3. The fourth-order valence-electron chi connectivity index (χ4n) is 5.30. The lowest BCUT2D eigenvalue weighted by Gasteiger charge is -2.43. The van der Waals surface area contributed by atoms with Gasteiger partial charge < -0.3 is 15.5 Å². The number of carbonyl (C=O) groups excluding carboxylic acids is 3. The number of likely N-dealkylation sites (tertiary alicyclic amines) is 1. The van der Waals surface area contributed by atoms with Crippen molar-refractivity contribution < 1.29 is 14.4 Å². The Bertz CT molecular complexity index is 604. The number of hydrogen-bond donors (Lipinski definition) is 2. The van der Waals surface area contributed by atoms with Crippen molar-refractivity contribution in [3.63, 3.8) is 0 Å². The Morgan fingerprint density at radius 2 is 1.85 bits per heavy atom. The van der Waals surface area contributed by atoms with E-state index in [-0.39, 0.29) is 36.2 Å². The van der Waals surface area contributed by atoms with Crippen LogP contribution in [-0.4, -0.2) is 65.9 Å². The number of nitrogens with zero attached hydrogens (tertiary/aromatic N) is 2. The number of nitrogens with one attached hydrogen (secondary N) is 2. The van der Waals surface area contributed by atoms with Crippen molar-refractivity contribution in [2.75, 3.05) is 26.7 Å². The van der Waals surface area contributed by atoms with Gasteiger partial charge in [-0.3, -0.25) is 14.5 Å². The van der Waals surface area contributed by atoms with Gasteiger partial charge in [0.2, 0.25) is 5.91 Å². The van der Waals surface area contributed by atoms with Gasteiger partial charge in [-0.2, -0.15) is 0 Å². The van der Waals surface area contributed by atoms with Gasteiger partial charge in [-0.05, 0) is 50.5 Å². The lowest BCUT2D eigenvalue weighted by atomic mass is 9.64. The van der Waals surface area contributed by atoms with E-state index in [2.05, 4.69) is 31.4 Å². The number of imide groups is 1. The molecule has 2 unspecified atom stereocenters. The first-order chi connectivity index (χ1) is 12.2. The van der Waals surface area contributed by atoms with Crippen LogP contribution in [0.4, 0.5) is 4.79 Å². The Balaban J connectivity index is 0.00000261. The molecule has 0 aromatic carbocycles. The summed E-state index contributed by atoms with van der Waals surface area (Å²) in [5.41, 5.74) is -0.840. The van der Waals surface area contributed by atoms with Gasteiger partial charge in [0.05, 0.1) is 0 Å². The number of amides is 4. The molecule has 2 aliphatic heterocycles. The van der Waals surface area contributed by atoms with Crippen molar-refractivity contribution in [1.29, 1.82) is 0 Å². The average Bonchev–Trinajstić information content (AvgIpc) is 2.76. The minimum Gasteiger partial charge on any atom is -0.341 e. The maximum Gasteiger partial charge on any atom is 0.325 e. The van der Waals surface area contributed by atoms with E-state index in [1.165, 1.54) is 0 Å². The fourth-order valence-corrected chi connectivity index (χ4v) is 5.30. The molecule has 2 N–H and O–H groups in total. The summed E-state index contributed by atoms with van der Waals surface area (Å²) in [4.78, 5) is 41.2. The molecule has 2 heterocycles. The smallest absolute Gasteiger partial charge is 0.325 e. The van der Waals surface area contributed by atoms with Crippen molar-refractivity contribution in [3.05, 3.63) is 0 Å². The highest BCUT2D eigenvalue weighted by Gasteiger charge is 2.56. The summed E-state index contributed by atoms with van der Waals surface area (Å²) < 4.78 is 0. The number of rotatable bonds is 3. The van der Waals surface area contributed by atoms with Crippen molar-refractivity contribution in [2.24, 2.45) is 11.3 Å². The molecule has 3 fully saturated rings. The largest absolute Gasteiger partial charge is 0.341 e. The Labute approximate surface area is 168 Å². The van der Waals surface area contributed by atoms with Crippen LogP contribution < -0.4 is 10.6 Å². The van der Waals surface area contributed by atoms with Crippen LogP contribution in [0.3, 0.4) is 0 Å². The quantitative estimate of drug-likeness (QED) is 0.707. The second-order valence-electron chi connectivity index (χ2n) is 9.20. The van der Waals surface area contributed by atoms with Crippen LogP contribution >= 0.6 is 12.4 Å². The van der Waals surface area contributed by atoms with Crippen molar-refractivity contribution >= 4 is 30.3 Å². The zero-order chi connectivity index (χ0) is 19.1. The molecular weight excluding hydrogens is 368 g/mol. The van der Waals surface area contributed by atoms with Crippen LogP contribution in [-0.2, 0) is 9.59 Å². The minimum atomic E-state index is -0.836. The summed E-state index contributed by atoms with van der Waals surface area (Å²) in [7, 11) is 1.93. The van der Waals surface area contributed by atoms with Crippen molar-refractivity contribution in [1.82, 2.24) is 20.4 Å². The molecule has 7 nitrogen and oxygen atoms in total. The molecule has 3 aliphatic rings. The van der Waals surface area contributed by atoms with Crippen molar-refractivity contribution in [2.45, 2.75) is 64.5 Å². The molecule has 0 aromatic rings. The van der Waals surface area contributed by atoms with Crippen LogP contribution in [0.25, 0.3) is 0 Å². The second-order valence-corrected chi connectivity index (χ2v) is 9.20. The molecule has 2 atom stereocenters. The third-order valence-electron chi connectivity index (χ3n) is 6.17. The fraction of sp³-hybridized carbons (Fsp3) is 0.842. The summed E-state index contributed by atoms with van der Waals surface area (Å²) in [5.74, 6) is 0.00281. The average molecular weight is 401 g/mol. The van der Waals surface area contributed by atoms with Crippen LogP contribution in [0.2, 0.25) is 0 Å². The number of hydrogen-bond acceptors (Lipinski definition) is 4. The van der Waals surface area contributed by atoms with E-state index >= 15 is 0 Å². The summed E-state index contributed by atoms with van der Waals surface area (Å²) in [6, 6.07) is 0.0170. The van der Waals surface area contributed by atoms with E-state index in [9.17, 15) is 14.4 Å². The van der Waals surface area contributed by atoms with Crippen LogP contribution in [0.15, 0.2) is 0 Å². The van der Waals surface area contributed by atoms with E-state index in [0.29, 0.717) is 37.9 Å². The number of carbonyl (C=O) groups is 3. The number of piperidine rings is 1. The third kappa shape index (κ3) is 4.40. The van der Waals surface area contributed by atoms with Gasteiger partial charge in [0, 0.05) is 19.1 Å². The Morgan fingerprint density at radius 3 is 2.41 bits per heavy atom. The highest BCUT2D eigenvalue weighted by atomic mass is 35.5. The van der Waals surface area contributed by atoms with E-state index < -0.39 is 11.6 Å². The summed E-state index contributed by atoms with van der Waals surface area (Å²) in [6.07, 6.45) is 4.12. The molecule has 1 spiro atoms. The van der Waals surface area contributed by atoms with Gasteiger partial charge in [0.15, 0.2) is 0 Å². The third-order valence-corrected chi connectivity index (χ3v) is 6.17. The Hall–Kier alpha value is -1.34. The van der Waals surface area contributed by atoms with E-state index in [1.54, 1.807) is 4.90 Å². The number of urea groups is 1. The summed E-state index contributed by atoms with van der Waals surface area (Å²) in [5, 5.41) is 6.17. The lowest BCUT2D eigenvalue weighted by Crippen LogP contribution is -2.54. The molecule has 1 aliphatic carbocycles. The molecule has 27 heavy (non-hydrogen) atoms. The highest BCUT2D eigenvalue weighted by molar-refractivity contribution is 6.09. The van der Waals surface area contributed by atoms with E-state index in [1.807, 2.05) is 7.05 Å². The van der Waals surface area contributed by atoms with Crippen LogP contribution in [0.1, 0.15) is 52.9 Å². The molecule has 4 amide bonds. The topological polar surface area (TPSA) is 81.8 Å². The molecule has 1 saturated carbocycles. The van der Waals surface area contributed by atoms with Gasteiger partial charge in [-0.1, -0.05) is 20.8 Å². The summed E-state index contributed by atoms with van der Waals surface area (Å²) in [6.45, 7) is 7.60. The van der Waals surface area contributed by atoms with Gasteiger partial charge in [0.25, 0.3) is 5.91 Å². The first kappa shape index (κ1) is 22.0. The Morgan fingerprint density at radius 1 is 1.22 bits per heavy atom. The van der Waals surface area contributed by atoms with Gasteiger partial charge in [0.1, 0.15) is 12.1 Å². The number of halogens is 1. The van der Waals surface area contributed by atoms with E-state index in [0.717, 1.165) is 24.2 Å². The van der Waals surface area contributed by atoms with E-state index in [4.69, 9.17) is 0 Å². The normalized spacial score (nSPS) is 31.0. The monoisotopic (exact) mass is 400 g/mol. The van der Waals surface area contributed by atoms with Gasteiger partial charge in [-0.25, -0.2) is 4.79 Å². The molecule has 0 bridgehead atoms. The lowest BCUT2D eigenvalue weighted by molar-refractivity contribution is -0.141. The van der Waals surface area contributed by atoms with Crippen LogP contribution in [0, 0.1) is 11.3 Å². The maximum atomic E-state index is 13.1. The Kier molecular flexibility index (Phi) is 6.47. The predicted molar refractivity (Wildman–Crippen MR) is 106 cm³/mol. The molecule has 3 rings (SSSR count). The molecule has 2 saturated heterocycles. The predicted octanol–water partition coefficient (Wildman–Crippen LogP) is 1.76. The second kappa shape index (κ2) is 7.95. The van der Waals surface area contributed by atoms with Gasteiger partial charge >= 0.3 is 6.03 Å². The zero-order valence-electron chi connectivity index (χ0n) is 16.8. The first-order valence-electron chi connectivity index (χ1n) is 9.75. The van der Waals surface area contributed by atoms with Crippen LogP contribution in [0.5, 0.6) is 0 Å². The summed E-state index contributed by atoms with van der Waals surface area (Å²) >= 11 is 0. The minimum absolute atomic E-state index is 0. The van der Waals surface area contributed by atoms with Crippen molar-refractivity contribution in [3.8, 4) is 0 Å². The maximum absolute atomic E-state index is 13.1. The van der Waals surface area contributed by atoms with Gasteiger partial charge in [-0.15, -0.1) is 12.4 Å². The molecule has 0 radical (unpaired) electrons. The first-order valence-corrected chi connectivity index (χ1v) is 9.75. The molecule has 154 valence electrons. The molecule has 0 aromatic heterocycles. The highest BCUT2D eigenvalue weighted by Crippen LogP contribution is 2.46. The SMILES string of the molecule is CNC1CCN(C(=O)CN2C(=O)NC3(CC(C)CC(C)(C)C3)C2=O)CC1.Cl. The zero-order valence-corrected chi connectivity index (χ0v) is 17.7. The molecule has 8 heteroatoms.